The average Bonchev–Trinajstić information content (AvgIpc) is 3.26. The molecule has 35 heavy (non-hydrogen) atoms. The lowest BCUT2D eigenvalue weighted by atomic mass is 10.0. The number of benzene rings is 1. The molecule has 1 aromatic carbocycles. The third kappa shape index (κ3) is 4.77. The van der Waals surface area contributed by atoms with Crippen LogP contribution in [0.4, 0.5) is 13.2 Å². The fourth-order valence-electron chi connectivity index (χ4n) is 3.87. The first-order valence-electron chi connectivity index (χ1n) is 10.8. The summed E-state index contributed by atoms with van der Waals surface area (Å²) in [5.41, 5.74) is 3.08. The van der Waals surface area contributed by atoms with E-state index in [4.69, 9.17) is 9.47 Å². The molecule has 0 saturated carbocycles. The molecule has 0 fully saturated rings. The lowest BCUT2D eigenvalue weighted by Crippen LogP contribution is -2.37. The number of hydrogen-bond acceptors (Lipinski definition) is 6. The van der Waals surface area contributed by atoms with E-state index in [-0.39, 0.29) is 35.7 Å². The molecule has 0 bridgehead atoms. The van der Waals surface area contributed by atoms with Crippen molar-refractivity contribution in [2.45, 2.75) is 39.1 Å². The van der Waals surface area contributed by atoms with Gasteiger partial charge in [0, 0.05) is 43.2 Å². The lowest BCUT2D eigenvalue weighted by Gasteiger charge is -2.28. The number of amides is 1. The molecule has 0 N–H and O–H groups in total. The van der Waals surface area contributed by atoms with Crippen LogP contribution in [0.2, 0.25) is 0 Å². The van der Waals surface area contributed by atoms with Crippen LogP contribution in [0.5, 0.6) is 11.5 Å². The highest BCUT2D eigenvalue weighted by Gasteiger charge is 2.39. The molecule has 4 rings (SSSR count). The summed E-state index contributed by atoms with van der Waals surface area (Å²) in [5.74, 6) is -1.02. The van der Waals surface area contributed by atoms with Gasteiger partial charge in [-0.2, -0.15) is 23.5 Å². The van der Waals surface area contributed by atoms with Crippen molar-refractivity contribution in [1.82, 2.24) is 19.7 Å². The number of carbonyl (C=O) groups is 1. The number of pyridine rings is 1. The molecule has 2 aromatic heterocycles. The van der Waals surface area contributed by atoms with Crippen LogP contribution in [0.15, 0.2) is 36.7 Å². The maximum atomic E-state index is 13.6. The number of alkyl halides is 3. The van der Waals surface area contributed by atoms with Crippen molar-refractivity contribution in [2.24, 2.45) is 0 Å². The second-order valence-electron chi connectivity index (χ2n) is 8.11. The van der Waals surface area contributed by atoms with Gasteiger partial charge in [0.05, 0.1) is 24.1 Å². The third-order valence-corrected chi connectivity index (χ3v) is 5.71. The highest BCUT2D eigenvalue weighted by Crippen LogP contribution is 2.36. The minimum Gasteiger partial charge on any atom is -0.494 e. The number of rotatable bonds is 5. The number of fused-ring (bicyclic) bond motifs is 1. The lowest BCUT2D eigenvalue weighted by molar-refractivity contribution is -0.189. The average molecular weight is 485 g/mol. The van der Waals surface area contributed by atoms with E-state index in [1.807, 2.05) is 31.3 Å². The molecule has 1 aliphatic heterocycles. The third-order valence-electron chi connectivity index (χ3n) is 5.71. The van der Waals surface area contributed by atoms with Gasteiger partial charge in [-0.15, -0.1) is 0 Å². The van der Waals surface area contributed by atoms with E-state index in [0.29, 0.717) is 6.42 Å². The number of methoxy groups -OCH3 is 1. The Balaban J connectivity index is 1.67. The summed E-state index contributed by atoms with van der Waals surface area (Å²) in [6.45, 7) is 3.19. The first-order chi connectivity index (χ1) is 16.6. The van der Waals surface area contributed by atoms with Gasteiger partial charge in [-0.1, -0.05) is 0 Å². The monoisotopic (exact) mass is 485 g/mol. The van der Waals surface area contributed by atoms with Crippen LogP contribution in [-0.4, -0.2) is 51.5 Å². The van der Waals surface area contributed by atoms with Gasteiger partial charge in [-0.3, -0.25) is 9.78 Å². The number of halogens is 3. The van der Waals surface area contributed by atoms with E-state index in [1.165, 1.54) is 24.1 Å². The van der Waals surface area contributed by atoms with Crippen LogP contribution >= 0.6 is 0 Å². The topological polar surface area (TPSA) is 93.3 Å². The van der Waals surface area contributed by atoms with Gasteiger partial charge >= 0.3 is 6.18 Å². The number of aromatic nitrogens is 3. The summed E-state index contributed by atoms with van der Waals surface area (Å²) in [6.07, 6.45) is -2.86. The fourth-order valence-corrected chi connectivity index (χ4v) is 3.87. The zero-order valence-corrected chi connectivity index (χ0v) is 19.3. The molecule has 0 radical (unpaired) electrons. The first-order valence-corrected chi connectivity index (χ1v) is 10.8. The molecule has 0 saturated heterocycles. The van der Waals surface area contributed by atoms with E-state index in [1.54, 1.807) is 10.9 Å². The predicted octanol–water partition coefficient (Wildman–Crippen LogP) is 3.98. The molecule has 182 valence electrons. The Hall–Kier alpha value is -4.07. The van der Waals surface area contributed by atoms with Crippen molar-refractivity contribution in [3.8, 4) is 23.3 Å². The highest BCUT2D eigenvalue weighted by atomic mass is 19.4. The summed E-state index contributed by atoms with van der Waals surface area (Å²) in [7, 11) is 1.25. The molecule has 0 spiro atoms. The minimum atomic E-state index is -4.64. The molecule has 8 nitrogen and oxygen atoms in total. The Kier molecular flexibility index (Phi) is 6.39. The summed E-state index contributed by atoms with van der Waals surface area (Å²) in [4.78, 5) is 19.2. The summed E-state index contributed by atoms with van der Waals surface area (Å²) in [5, 5.41) is 14.0. The van der Waals surface area contributed by atoms with Gasteiger partial charge in [0.15, 0.2) is 11.9 Å². The second-order valence-corrected chi connectivity index (χ2v) is 8.11. The standard InChI is InChI=1S/C24H22F3N5O3/c1-14-10-18(6-8-29-14)32-13-17-12-31(9-7-19(17)30-32)23(33)21-20(35-15(2)24(25,26)27)5-4-16(11-28)22(21)34-3/h4-6,8,10,13,15H,7,9,12H2,1-3H3. The molecular weight excluding hydrogens is 463 g/mol. The molecule has 3 aromatic rings. The van der Waals surface area contributed by atoms with Crippen molar-refractivity contribution in [3.05, 3.63) is 64.7 Å². The Morgan fingerprint density at radius 2 is 2.06 bits per heavy atom. The maximum absolute atomic E-state index is 13.6. The Labute approximate surface area is 199 Å². The fraction of sp³-hybridized carbons (Fsp3) is 0.333. The molecule has 3 heterocycles. The van der Waals surface area contributed by atoms with Gasteiger partial charge in [-0.05, 0) is 38.1 Å². The normalized spacial score (nSPS) is 14.1. The molecular formula is C24H22F3N5O3. The Bertz CT molecular complexity index is 1310. The van der Waals surface area contributed by atoms with Crippen LogP contribution in [0.1, 0.15) is 39.8 Å². The van der Waals surface area contributed by atoms with Crippen LogP contribution in [0.3, 0.4) is 0 Å². The number of ether oxygens (including phenoxy) is 2. The van der Waals surface area contributed by atoms with E-state index in [9.17, 15) is 23.2 Å². The maximum Gasteiger partial charge on any atom is 0.425 e. The van der Waals surface area contributed by atoms with Crippen LogP contribution in [0, 0.1) is 18.3 Å². The van der Waals surface area contributed by atoms with E-state index < -0.39 is 18.2 Å². The number of carbonyl (C=O) groups excluding carboxylic acids is 1. The Morgan fingerprint density at radius 3 is 2.71 bits per heavy atom. The summed E-state index contributed by atoms with van der Waals surface area (Å²) >= 11 is 0. The van der Waals surface area contributed by atoms with Crippen LogP contribution in [0.25, 0.3) is 5.69 Å². The second kappa shape index (κ2) is 9.29. The minimum absolute atomic E-state index is 0.0152. The van der Waals surface area contributed by atoms with Crippen molar-refractivity contribution in [3.63, 3.8) is 0 Å². The molecule has 1 atom stereocenters. The largest absolute Gasteiger partial charge is 0.494 e. The number of nitriles is 1. The zero-order chi connectivity index (χ0) is 25.3. The van der Waals surface area contributed by atoms with E-state index in [2.05, 4.69) is 10.1 Å². The van der Waals surface area contributed by atoms with Gasteiger partial charge < -0.3 is 14.4 Å². The van der Waals surface area contributed by atoms with E-state index >= 15 is 0 Å². The summed E-state index contributed by atoms with van der Waals surface area (Å²) < 4.78 is 51.6. The van der Waals surface area contributed by atoms with Gasteiger partial charge in [0.1, 0.15) is 17.4 Å². The highest BCUT2D eigenvalue weighted by molar-refractivity contribution is 6.00. The number of aryl methyl sites for hydroxylation is 1. The van der Waals surface area contributed by atoms with Crippen molar-refractivity contribution >= 4 is 5.91 Å². The smallest absolute Gasteiger partial charge is 0.425 e. The predicted molar refractivity (Wildman–Crippen MR) is 118 cm³/mol. The SMILES string of the molecule is COc1c(C#N)ccc(OC(C)C(F)(F)F)c1C(=O)N1CCc2nn(-c3ccnc(C)c3)cc2C1. The molecule has 0 aliphatic carbocycles. The van der Waals surface area contributed by atoms with Gasteiger partial charge in [0.25, 0.3) is 5.91 Å². The number of nitrogens with zero attached hydrogens (tertiary/aromatic N) is 5. The molecule has 1 amide bonds. The Morgan fingerprint density at radius 1 is 1.29 bits per heavy atom. The molecule has 11 heteroatoms. The van der Waals surface area contributed by atoms with Crippen molar-refractivity contribution in [2.75, 3.05) is 13.7 Å². The zero-order valence-electron chi connectivity index (χ0n) is 19.3. The molecule has 1 unspecified atom stereocenters. The van der Waals surface area contributed by atoms with Crippen molar-refractivity contribution in [1.29, 1.82) is 5.26 Å². The quantitative estimate of drug-likeness (QED) is 0.543. The van der Waals surface area contributed by atoms with Gasteiger partial charge in [-0.25, -0.2) is 4.68 Å². The number of hydrogen-bond donors (Lipinski definition) is 0. The van der Waals surface area contributed by atoms with Crippen LogP contribution in [-0.2, 0) is 13.0 Å². The van der Waals surface area contributed by atoms with Gasteiger partial charge in [0.2, 0.25) is 0 Å². The van der Waals surface area contributed by atoms with E-state index in [0.717, 1.165) is 29.6 Å². The first kappa shape index (κ1) is 24.1. The van der Waals surface area contributed by atoms with Crippen molar-refractivity contribution < 1.29 is 27.4 Å². The summed E-state index contributed by atoms with van der Waals surface area (Å²) in [6, 6.07) is 8.06. The van der Waals surface area contributed by atoms with Crippen LogP contribution < -0.4 is 9.47 Å². The molecule has 1 aliphatic rings.